The minimum absolute atomic E-state index is 0.137. The van der Waals surface area contributed by atoms with Gasteiger partial charge in [0, 0.05) is 27.7 Å². The van der Waals surface area contributed by atoms with E-state index in [1.54, 1.807) is 11.3 Å². The number of hydrogen-bond donors (Lipinski definition) is 0. The molecule has 0 aliphatic carbocycles. The molecule has 1 heterocycles. The zero-order chi connectivity index (χ0) is 12.1. The lowest BCUT2D eigenvalue weighted by Crippen LogP contribution is -2.30. The Hall–Kier alpha value is -0.350. The van der Waals surface area contributed by atoms with Gasteiger partial charge in [-0.3, -0.25) is 4.79 Å². The van der Waals surface area contributed by atoms with Crippen molar-refractivity contribution in [2.24, 2.45) is 5.92 Å². The molecule has 2 nitrogen and oxygen atoms in total. The molecule has 1 amide bonds. The first-order valence-electron chi connectivity index (χ1n) is 5.52. The number of nitrogens with zero attached hydrogens (tertiary/aromatic N) is 1. The van der Waals surface area contributed by atoms with E-state index in [9.17, 15) is 4.79 Å². The molecule has 0 radical (unpaired) electrons. The molecule has 1 aromatic rings. The van der Waals surface area contributed by atoms with Crippen molar-refractivity contribution < 1.29 is 4.79 Å². The topological polar surface area (TPSA) is 20.3 Å². The van der Waals surface area contributed by atoms with Crippen LogP contribution in [-0.4, -0.2) is 17.9 Å². The summed E-state index contributed by atoms with van der Waals surface area (Å²) in [5, 5.41) is 2.04. The van der Waals surface area contributed by atoms with Crippen LogP contribution in [0.15, 0.2) is 15.9 Å². The molecule has 1 rings (SSSR count). The fraction of sp³-hybridized carbons (Fsp3) is 0.583. The van der Waals surface area contributed by atoms with Gasteiger partial charge in [-0.15, -0.1) is 11.3 Å². The zero-order valence-corrected chi connectivity index (χ0v) is 12.4. The first-order chi connectivity index (χ1) is 7.54. The van der Waals surface area contributed by atoms with E-state index in [-0.39, 0.29) is 11.8 Å². The third-order valence-corrected chi connectivity index (χ3v) is 4.22. The molecule has 1 aromatic heterocycles. The molecule has 0 saturated heterocycles. The van der Waals surface area contributed by atoms with E-state index in [0.29, 0.717) is 6.54 Å². The summed E-state index contributed by atoms with van der Waals surface area (Å²) in [5.41, 5.74) is 0. The average molecular weight is 304 g/mol. The molecule has 16 heavy (non-hydrogen) atoms. The number of halogens is 1. The van der Waals surface area contributed by atoms with Crippen LogP contribution in [0.25, 0.3) is 0 Å². The SMILES string of the molecule is CCCC(C)C(=O)N(C)Cc1cc(Br)cs1. The Balaban J connectivity index is 2.51. The smallest absolute Gasteiger partial charge is 0.225 e. The molecule has 90 valence electrons. The van der Waals surface area contributed by atoms with Crippen molar-refractivity contribution in [1.29, 1.82) is 0 Å². The molecule has 1 atom stereocenters. The van der Waals surface area contributed by atoms with Gasteiger partial charge in [0.05, 0.1) is 6.54 Å². The van der Waals surface area contributed by atoms with Crippen LogP contribution < -0.4 is 0 Å². The Bertz CT molecular complexity index is 351. The van der Waals surface area contributed by atoms with Crippen LogP contribution >= 0.6 is 27.3 Å². The van der Waals surface area contributed by atoms with Gasteiger partial charge in [0.1, 0.15) is 0 Å². The number of hydrogen-bond acceptors (Lipinski definition) is 2. The highest BCUT2D eigenvalue weighted by Gasteiger charge is 2.16. The number of carbonyl (C=O) groups excluding carboxylic acids is 1. The molecule has 0 N–H and O–H groups in total. The number of amides is 1. The van der Waals surface area contributed by atoms with Gasteiger partial charge in [0.25, 0.3) is 0 Å². The van der Waals surface area contributed by atoms with Crippen molar-refractivity contribution in [2.75, 3.05) is 7.05 Å². The molecule has 0 aliphatic heterocycles. The van der Waals surface area contributed by atoms with Crippen molar-refractivity contribution >= 4 is 33.2 Å². The van der Waals surface area contributed by atoms with E-state index >= 15 is 0 Å². The summed E-state index contributed by atoms with van der Waals surface area (Å²) in [6.07, 6.45) is 2.03. The highest BCUT2D eigenvalue weighted by molar-refractivity contribution is 9.10. The van der Waals surface area contributed by atoms with Gasteiger partial charge in [-0.25, -0.2) is 0 Å². The molecular formula is C12H18BrNOS. The van der Waals surface area contributed by atoms with E-state index in [2.05, 4.69) is 28.9 Å². The van der Waals surface area contributed by atoms with Crippen LogP contribution in [0.5, 0.6) is 0 Å². The fourth-order valence-electron chi connectivity index (χ4n) is 1.68. The van der Waals surface area contributed by atoms with Crippen LogP contribution in [0.2, 0.25) is 0 Å². The van der Waals surface area contributed by atoms with Crippen molar-refractivity contribution in [2.45, 2.75) is 33.2 Å². The van der Waals surface area contributed by atoms with Gasteiger partial charge >= 0.3 is 0 Å². The Morgan fingerprint density at radius 1 is 1.62 bits per heavy atom. The van der Waals surface area contributed by atoms with Gasteiger partial charge in [0.15, 0.2) is 0 Å². The van der Waals surface area contributed by atoms with Crippen LogP contribution in [0.1, 0.15) is 31.6 Å². The Morgan fingerprint density at radius 3 is 2.81 bits per heavy atom. The standard InChI is InChI=1S/C12H18BrNOS/c1-4-5-9(2)12(15)14(3)7-11-6-10(13)8-16-11/h6,8-9H,4-5,7H2,1-3H3. The van der Waals surface area contributed by atoms with Crippen LogP contribution in [0.3, 0.4) is 0 Å². The first-order valence-corrected chi connectivity index (χ1v) is 7.19. The summed E-state index contributed by atoms with van der Waals surface area (Å²) in [6.45, 7) is 4.83. The van der Waals surface area contributed by atoms with Crippen molar-refractivity contribution in [1.82, 2.24) is 4.90 Å². The third kappa shape index (κ3) is 3.91. The molecule has 0 bridgehead atoms. The summed E-state index contributed by atoms with van der Waals surface area (Å²) < 4.78 is 1.09. The normalized spacial score (nSPS) is 12.5. The summed E-state index contributed by atoms with van der Waals surface area (Å²) in [6, 6.07) is 2.07. The van der Waals surface area contributed by atoms with E-state index in [4.69, 9.17) is 0 Å². The number of rotatable bonds is 5. The average Bonchev–Trinajstić information content (AvgIpc) is 2.63. The molecule has 0 aliphatic rings. The number of thiophene rings is 1. The summed E-state index contributed by atoms with van der Waals surface area (Å²) in [5.74, 6) is 0.379. The molecule has 0 fully saturated rings. The summed E-state index contributed by atoms with van der Waals surface area (Å²) in [4.78, 5) is 15.0. The van der Waals surface area contributed by atoms with E-state index in [0.717, 1.165) is 17.3 Å². The minimum atomic E-state index is 0.137. The van der Waals surface area contributed by atoms with Gasteiger partial charge in [-0.2, -0.15) is 0 Å². The molecule has 0 spiro atoms. The highest BCUT2D eigenvalue weighted by atomic mass is 79.9. The van der Waals surface area contributed by atoms with Crippen LogP contribution in [0, 0.1) is 5.92 Å². The van der Waals surface area contributed by atoms with Crippen LogP contribution in [-0.2, 0) is 11.3 Å². The molecular weight excluding hydrogens is 286 g/mol. The largest absolute Gasteiger partial charge is 0.340 e. The molecule has 4 heteroatoms. The number of carbonyl (C=O) groups is 1. The lowest BCUT2D eigenvalue weighted by Gasteiger charge is -2.20. The zero-order valence-electron chi connectivity index (χ0n) is 10.00. The first kappa shape index (κ1) is 13.7. The quantitative estimate of drug-likeness (QED) is 0.808. The predicted molar refractivity (Wildman–Crippen MR) is 72.6 cm³/mol. The van der Waals surface area contributed by atoms with Gasteiger partial charge in [0.2, 0.25) is 5.91 Å². The van der Waals surface area contributed by atoms with Crippen molar-refractivity contribution in [3.05, 3.63) is 20.8 Å². The van der Waals surface area contributed by atoms with Crippen molar-refractivity contribution in [3.63, 3.8) is 0 Å². The lowest BCUT2D eigenvalue weighted by atomic mass is 10.1. The van der Waals surface area contributed by atoms with Crippen LogP contribution in [0.4, 0.5) is 0 Å². The minimum Gasteiger partial charge on any atom is -0.340 e. The highest BCUT2D eigenvalue weighted by Crippen LogP contribution is 2.21. The molecule has 0 aromatic carbocycles. The monoisotopic (exact) mass is 303 g/mol. The van der Waals surface area contributed by atoms with Crippen molar-refractivity contribution in [3.8, 4) is 0 Å². The maximum atomic E-state index is 12.0. The Kier molecular flexibility index (Phi) is 5.49. The van der Waals surface area contributed by atoms with E-state index < -0.39 is 0 Å². The predicted octanol–water partition coefficient (Wildman–Crippen LogP) is 3.91. The summed E-state index contributed by atoms with van der Waals surface area (Å²) >= 11 is 5.10. The van der Waals surface area contributed by atoms with E-state index in [1.165, 1.54) is 4.88 Å². The van der Waals surface area contributed by atoms with E-state index in [1.807, 2.05) is 24.3 Å². The van der Waals surface area contributed by atoms with Gasteiger partial charge in [-0.1, -0.05) is 20.3 Å². The fourth-order valence-corrected chi connectivity index (χ4v) is 3.18. The second kappa shape index (κ2) is 6.40. The molecule has 1 unspecified atom stereocenters. The third-order valence-electron chi connectivity index (χ3n) is 2.53. The Morgan fingerprint density at radius 2 is 2.31 bits per heavy atom. The maximum absolute atomic E-state index is 12.0. The second-order valence-electron chi connectivity index (χ2n) is 4.12. The lowest BCUT2D eigenvalue weighted by molar-refractivity contribution is -0.134. The Labute approximate surface area is 110 Å². The second-order valence-corrected chi connectivity index (χ2v) is 6.03. The van der Waals surface area contributed by atoms with Gasteiger partial charge < -0.3 is 4.90 Å². The molecule has 0 saturated carbocycles. The maximum Gasteiger partial charge on any atom is 0.225 e. The summed E-state index contributed by atoms with van der Waals surface area (Å²) in [7, 11) is 1.88. The van der Waals surface area contributed by atoms with Gasteiger partial charge in [-0.05, 0) is 28.4 Å².